The lowest BCUT2D eigenvalue weighted by atomic mass is 10.0. The van der Waals surface area contributed by atoms with E-state index in [0.717, 1.165) is 19.3 Å². The van der Waals surface area contributed by atoms with Crippen molar-refractivity contribution in [1.82, 2.24) is 0 Å². The lowest BCUT2D eigenvalue weighted by molar-refractivity contribution is 0.0988. The number of rotatable bonds is 5. The van der Waals surface area contributed by atoms with Gasteiger partial charge < -0.3 is 0 Å². The molecule has 0 spiro atoms. The van der Waals surface area contributed by atoms with Gasteiger partial charge in [-0.05, 0) is 18.6 Å². The summed E-state index contributed by atoms with van der Waals surface area (Å²) in [5, 5.41) is 0.607. The highest BCUT2D eigenvalue weighted by Crippen LogP contribution is 2.18. The van der Waals surface area contributed by atoms with E-state index in [1.807, 2.05) is 0 Å². The van der Waals surface area contributed by atoms with Crippen LogP contribution in [0.25, 0.3) is 0 Å². The second-order valence-electron chi connectivity index (χ2n) is 3.48. The van der Waals surface area contributed by atoms with Gasteiger partial charge in [-0.25, -0.2) is 0 Å². The number of ketones is 1. The molecule has 0 aromatic heterocycles. The molecule has 1 atom stereocenters. The Hall–Kier alpha value is -0.340. The molecular formula is C12H14BrClO. The first kappa shape index (κ1) is 12.7. The third-order valence-corrected chi connectivity index (χ3v) is 3.31. The molecule has 15 heavy (non-hydrogen) atoms. The molecule has 1 nitrogen and oxygen atoms in total. The van der Waals surface area contributed by atoms with Crippen LogP contribution in [-0.4, -0.2) is 10.6 Å². The molecule has 82 valence electrons. The Kier molecular flexibility index (Phi) is 5.34. The van der Waals surface area contributed by atoms with Crippen molar-refractivity contribution in [3.8, 4) is 0 Å². The van der Waals surface area contributed by atoms with Gasteiger partial charge in [0.15, 0.2) is 5.78 Å². The second-order valence-corrected chi connectivity index (χ2v) is 5.03. The summed E-state index contributed by atoms with van der Waals surface area (Å²) in [6, 6.07) is 7.08. The Morgan fingerprint density at radius 2 is 2.27 bits per heavy atom. The lowest BCUT2D eigenvalue weighted by Crippen LogP contribution is -2.13. The molecule has 0 bridgehead atoms. The van der Waals surface area contributed by atoms with Crippen LogP contribution >= 0.6 is 27.5 Å². The van der Waals surface area contributed by atoms with Crippen molar-refractivity contribution in [3.63, 3.8) is 0 Å². The van der Waals surface area contributed by atoms with Crippen LogP contribution < -0.4 is 0 Å². The van der Waals surface area contributed by atoms with Gasteiger partial charge in [0.25, 0.3) is 0 Å². The zero-order chi connectivity index (χ0) is 11.3. The predicted octanol–water partition coefficient (Wildman–Crippen LogP) is 4.48. The minimum Gasteiger partial charge on any atom is -0.293 e. The molecule has 1 aromatic rings. The van der Waals surface area contributed by atoms with Crippen LogP contribution in [0.3, 0.4) is 0 Å². The number of hydrogen-bond donors (Lipinski definition) is 0. The van der Waals surface area contributed by atoms with E-state index < -0.39 is 0 Å². The van der Waals surface area contributed by atoms with E-state index in [2.05, 4.69) is 22.9 Å². The maximum absolute atomic E-state index is 11.9. The van der Waals surface area contributed by atoms with Gasteiger partial charge in [-0.2, -0.15) is 0 Å². The fraction of sp³-hybridized carbons (Fsp3) is 0.417. The van der Waals surface area contributed by atoms with E-state index in [1.165, 1.54) is 0 Å². The molecule has 0 aliphatic carbocycles. The Morgan fingerprint density at radius 1 is 1.53 bits per heavy atom. The molecule has 1 rings (SSSR count). The van der Waals surface area contributed by atoms with Crippen molar-refractivity contribution >= 4 is 33.3 Å². The van der Waals surface area contributed by atoms with Gasteiger partial charge in [0.05, 0.1) is 4.83 Å². The van der Waals surface area contributed by atoms with Gasteiger partial charge in [0, 0.05) is 10.6 Å². The highest BCUT2D eigenvalue weighted by molar-refractivity contribution is 9.10. The highest BCUT2D eigenvalue weighted by Gasteiger charge is 2.16. The Balaban J connectivity index is 2.67. The molecule has 0 amide bonds. The van der Waals surface area contributed by atoms with Gasteiger partial charge in [-0.3, -0.25) is 4.79 Å². The quantitative estimate of drug-likeness (QED) is 0.577. The molecular weight excluding hydrogens is 275 g/mol. The van der Waals surface area contributed by atoms with Gasteiger partial charge in [-0.1, -0.05) is 59.4 Å². The van der Waals surface area contributed by atoms with E-state index in [0.29, 0.717) is 10.6 Å². The SMILES string of the molecule is CCCCC(Br)C(=O)c1cccc(Cl)c1. The lowest BCUT2D eigenvalue weighted by Gasteiger charge is -2.08. The van der Waals surface area contributed by atoms with E-state index in [-0.39, 0.29) is 10.6 Å². The molecule has 0 aliphatic rings. The topological polar surface area (TPSA) is 17.1 Å². The van der Waals surface area contributed by atoms with Crippen LogP contribution in [0.15, 0.2) is 24.3 Å². The summed E-state index contributed by atoms with van der Waals surface area (Å²) in [5.74, 6) is 0.117. The molecule has 0 fully saturated rings. The summed E-state index contributed by atoms with van der Waals surface area (Å²) in [5.41, 5.74) is 0.681. The normalized spacial score (nSPS) is 12.5. The summed E-state index contributed by atoms with van der Waals surface area (Å²) in [7, 11) is 0. The van der Waals surface area contributed by atoms with Gasteiger partial charge in [-0.15, -0.1) is 0 Å². The molecule has 3 heteroatoms. The molecule has 0 saturated carbocycles. The fourth-order valence-electron chi connectivity index (χ4n) is 1.34. The average Bonchev–Trinajstić information content (AvgIpc) is 2.24. The van der Waals surface area contributed by atoms with Crippen molar-refractivity contribution in [2.75, 3.05) is 0 Å². The monoisotopic (exact) mass is 288 g/mol. The Labute approximate surface area is 104 Å². The van der Waals surface area contributed by atoms with Crippen molar-refractivity contribution in [1.29, 1.82) is 0 Å². The number of carbonyl (C=O) groups excluding carboxylic acids is 1. The minimum atomic E-state index is -0.0871. The van der Waals surface area contributed by atoms with E-state index in [9.17, 15) is 4.79 Å². The second kappa shape index (κ2) is 6.29. The third kappa shape index (κ3) is 3.96. The first-order valence-electron chi connectivity index (χ1n) is 5.09. The van der Waals surface area contributed by atoms with Crippen LogP contribution in [0, 0.1) is 0 Å². The van der Waals surface area contributed by atoms with Gasteiger partial charge in [0.2, 0.25) is 0 Å². The summed E-state index contributed by atoms with van der Waals surface area (Å²) < 4.78 is 0. The van der Waals surface area contributed by atoms with Crippen LogP contribution in [-0.2, 0) is 0 Å². The summed E-state index contributed by atoms with van der Waals surface area (Å²) in [6.07, 6.45) is 3.04. The third-order valence-electron chi connectivity index (χ3n) is 2.20. The Bertz CT molecular complexity index is 338. The molecule has 1 unspecified atom stereocenters. The molecule has 1 aromatic carbocycles. The van der Waals surface area contributed by atoms with Crippen molar-refractivity contribution in [3.05, 3.63) is 34.9 Å². The summed E-state index contributed by atoms with van der Waals surface area (Å²) in [6.45, 7) is 2.11. The first-order chi connectivity index (χ1) is 7.15. The fourth-order valence-corrected chi connectivity index (χ4v) is 2.12. The maximum atomic E-state index is 11.9. The smallest absolute Gasteiger partial charge is 0.176 e. The van der Waals surface area contributed by atoms with Crippen molar-refractivity contribution in [2.45, 2.75) is 31.0 Å². The molecule has 0 heterocycles. The summed E-state index contributed by atoms with van der Waals surface area (Å²) in [4.78, 5) is 11.8. The molecule has 0 saturated heterocycles. The zero-order valence-corrected chi connectivity index (χ0v) is 11.0. The number of hydrogen-bond acceptors (Lipinski definition) is 1. The number of Topliss-reactive ketones (excluding diaryl/α,β-unsaturated/α-hetero) is 1. The predicted molar refractivity (Wildman–Crippen MR) is 68.0 cm³/mol. The highest BCUT2D eigenvalue weighted by atomic mass is 79.9. The number of unbranched alkanes of at least 4 members (excludes halogenated alkanes) is 1. The van der Waals surface area contributed by atoms with Crippen molar-refractivity contribution in [2.24, 2.45) is 0 Å². The minimum absolute atomic E-state index is 0.0871. The van der Waals surface area contributed by atoms with Crippen LogP contribution in [0.1, 0.15) is 36.5 Å². The standard InChI is InChI=1S/C12H14BrClO/c1-2-3-7-11(13)12(15)9-5-4-6-10(14)8-9/h4-6,8,11H,2-3,7H2,1H3. The molecule has 0 radical (unpaired) electrons. The van der Waals surface area contributed by atoms with Gasteiger partial charge in [0.1, 0.15) is 0 Å². The number of alkyl halides is 1. The molecule has 0 aliphatic heterocycles. The van der Waals surface area contributed by atoms with E-state index in [1.54, 1.807) is 24.3 Å². The number of halogens is 2. The maximum Gasteiger partial charge on any atom is 0.176 e. The molecule has 0 N–H and O–H groups in total. The average molecular weight is 290 g/mol. The van der Waals surface area contributed by atoms with Crippen LogP contribution in [0.2, 0.25) is 5.02 Å². The van der Waals surface area contributed by atoms with E-state index in [4.69, 9.17) is 11.6 Å². The van der Waals surface area contributed by atoms with E-state index >= 15 is 0 Å². The number of carbonyl (C=O) groups is 1. The van der Waals surface area contributed by atoms with Crippen LogP contribution in [0.5, 0.6) is 0 Å². The zero-order valence-electron chi connectivity index (χ0n) is 8.67. The van der Waals surface area contributed by atoms with Crippen LogP contribution in [0.4, 0.5) is 0 Å². The van der Waals surface area contributed by atoms with Crippen molar-refractivity contribution < 1.29 is 4.79 Å². The first-order valence-corrected chi connectivity index (χ1v) is 6.38. The largest absolute Gasteiger partial charge is 0.293 e. The van der Waals surface area contributed by atoms with Gasteiger partial charge >= 0.3 is 0 Å². The Morgan fingerprint density at radius 3 is 2.87 bits per heavy atom. The summed E-state index contributed by atoms with van der Waals surface area (Å²) >= 11 is 9.24. The number of benzene rings is 1.